The van der Waals surface area contributed by atoms with Crippen molar-refractivity contribution in [3.05, 3.63) is 38.1 Å². The Morgan fingerprint density at radius 1 is 1.31 bits per heavy atom. The summed E-state index contributed by atoms with van der Waals surface area (Å²) in [5.41, 5.74) is 4.45. The van der Waals surface area contributed by atoms with Crippen molar-refractivity contribution in [3.8, 4) is 11.3 Å². The SMILES string of the molecule is Cc1ccc(-c2nc(Br)sc2CO)cc1C. The number of hydrogen-bond acceptors (Lipinski definition) is 3. The van der Waals surface area contributed by atoms with E-state index in [0.29, 0.717) is 0 Å². The normalized spacial score (nSPS) is 10.8. The summed E-state index contributed by atoms with van der Waals surface area (Å²) in [6, 6.07) is 6.23. The molecule has 0 aliphatic rings. The molecule has 0 unspecified atom stereocenters. The Morgan fingerprint density at radius 3 is 2.69 bits per heavy atom. The molecule has 2 rings (SSSR count). The van der Waals surface area contributed by atoms with Crippen LogP contribution in [0.3, 0.4) is 0 Å². The van der Waals surface area contributed by atoms with Crippen LogP contribution in [0.25, 0.3) is 11.3 Å². The highest BCUT2D eigenvalue weighted by Gasteiger charge is 2.11. The Kier molecular flexibility index (Phi) is 3.42. The highest BCUT2D eigenvalue weighted by molar-refractivity contribution is 9.11. The molecule has 1 aromatic heterocycles. The molecule has 4 heteroatoms. The first-order chi connectivity index (χ1) is 7.61. The zero-order valence-electron chi connectivity index (χ0n) is 9.12. The summed E-state index contributed by atoms with van der Waals surface area (Å²) < 4.78 is 0.810. The number of halogens is 1. The molecule has 1 heterocycles. The van der Waals surface area contributed by atoms with E-state index in [4.69, 9.17) is 0 Å². The molecular formula is C12H12BrNOS. The molecule has 0 saturated carbocycles. The summed E-state index contributed by atoms with van der Waals surface area (Å²) in [7, 11) is 0. The number of aliphatic hydroxyl groups excluding tert-OH is 1. The maximum Gasteiger partial charge on any atom is 0.160 e. The fourth-order valence-corrected chi connectivity index (χ4v) is 2.97. The maximum atomic E-state index is 9.27. The van der Waals surface area contributed by atoms with Crippen molar-refractivity contribution in [3.63, 3.8) is 0 Å². The number of aryl methyl sites for hydroxylation is 2. The Balaban J connectivity index is 2.53. The van der Waals surface area contributed by atoms with Crippen LogP contribution in [0.4, 0.5) is 0 Å². The molecule has 0 aliphatic heterocycles. The third-order valence-electron chi connectivity index (χ3n) is 2.60. The molecule has 84 valence electrons. The second-order valence-electron chi connectivity index (χ2n) is 3.70. The molecule has 2 aromatic rings. The third-order valence-corrected chi connectivity index (χ3v) is 4.09. The van der Waals surface area contributed by atoms with E-state index in [0.717, 1.165) is 20.1 Å². The van der Waals surface area contributed by atoms with E-state index >= 15 is 0 Å². The fraction of sp³-hybridized carbons (Fsp3) is 0.250. The van der Waals surface area contributed by atoms with Gasteiger partial charge in [-0.1, -0.05) is 12.1 Å². The summed E-state index contributed by atoms with van der Waals surface area (Å²) >= 11 is 4.83. The molecular weight excluding hydrogens is 286 g/mol. The van der Waals surface area contributed by atoms with Gasteiger partial charge in [0.1, 0.15) is 0 Å². The standard InChI is InChI=1S/C12H12BrNOS/c1-7-3-4-9(5-8(7)2)11-10(6-15)16-12(13)14-11/h3-5,15H,6H2,1-2H3. The molecule has 0 bridgehead atoms. The zero-order chi connectivity index (χ0) is 11.7. The number of nitrogens with zero attached hydrogens (tertiary/aromatic N) is 1. The summed E-state index contributed by atoms with van der Waals surface area (Å²) in [5.74, 6) is 0. The minimum Gasteiger partial charge on any atom is -0.391 e. The van der Waals surface area contributed by atoms with Crippen LogP contribution in [0.15, 0.2) is 22.1 Å². The highest BCUT2D eigenvalue weighted by Crippen LogP contribution is 2.31. The van der Waals surface area contributed by atoms with Gasteiger partial charge in [-0.25, -0.2) is 4.98 Å². The van der Waals surface area contributed by atoms with Gasteiger partial charge in [0.2, 0.25) is 0 Å². The van der Waals surface area contributed by atoms with E-state index < -0.39 is 0 Å². The van der Waals surface area contributed by atoms with Crippen molar-refractivity contribution < 1.29 is 5.11 Å². The maximum absolute atomic E-state index is 9.27. The predicted molar refractivity (Wildman–Crippen MR) is 70.6 cm³/mol. The van der Waals surface area contributed by atoms with E-state index in [1.165, 1.54) is 22.5 Å². The topological polar surface area (TPSA) is 33.1 Å². The lowest BCUT2D eigenvalue weighted by Gasteiger charge is -2.04. The molecule has 0 amide bonds. The summed E-state index contributed by atoms with van der Waals surface area (Å²) in [5, 5.41) is 9.27. The minimum atomic E-state index is 0.0333. The van der Waals surface area contributed by atoms with Crippen molar-refractivity contribution in [2.24, 2.45) is 0 Å². The van der Waals surface area contributed by atoms with E-state index in [1.807, 2.05) is 6.07 Å². The molecule has 0 radical (unpaired) electrons. The second kappa shape index (κ2) is 4.65. The highest BCUT2D eigenvalue weighted by atomic mass is 79.9. The molecule has 0 spiro atoms. The monoisotopic (exact) mass is 297 g/mol. The van der Waals surface area contributed by atoms with Gasteiger partial charge in [-0.2, -0.15) is 0 Å². The smallest absolute Gasteiger partial charge is 0.160 e. The van der Waals surface area contributed by atoms with Crippen LogP contribution < -0.4 is 0 Å². The van der Waals surface area contributed by atoms with Crippen LogP contribution in [0.2, 0.25) is 0 Å². The first-order valence-electron chi connectivity index (χ1n) is 4.95. The lowest BCUT2D eigenvalue weighted by Crippen LogP contribution is -1.87. The van der Waals surface area contributed by atoms with Crippen molar-refractivity contribution in [2.75, 3.05) is 0 Å². The number of hydrogen-bond donors (Lipinski definition) is 1. The van der Waals surface area contributed by atoms with Crippen molar-refractivity contribution in [2.45, 2.75) is 20.5 Å². The molecule has 16 heavy (non-hydrogen) atoms. The number of aromatic nitrogens is 1. The van der Waals surface area contributed by atoms with Crippen molar-refractivity contribution in [1.29, 1.82) is 0 Å². The lowest BCUT2D eigenvalue weighted by atomic mass is 10.0. The Bertz CT molecular complexity index is 522. The summed E-state index contributed by atoms with van der Waals surface area (Å²) in [6.45, 7) is 4.20. The average molecular weight is 298 g/mol. The van der Waals surface area contributed by atoms with E-state index in [1.54, 1.807) is 0 Å². The Hall–Kier alpha value is -0.710. The molecule has 0 fully saturated rings. The van der Waals surface area contributed by atoms with Gasteiger partial charge in [-0.15, -0.1) is 11.3 Å². The number of benzene rings is 1. The second-order valence-corrected chi connectivity index (χ2v) is 6.06. The molecule has 0 aliphatic carbocycles. The van der Waals surface area contributed by atoms with Crippen LogP contribution in [-0.2, 0) is 6.61 Å². The van der Waals surface area contributed by atoms with Gasteiger partial charge in [-0.05, 0) is 47.0 Å². The van der Waals surface area contributed by atoms with Crippen LogP contribution in [0, 0.1) is 13.8 Å². The fourth-order valence-electron chi connectivity index (χ4n) is 1.54. The summed E-state index contributed by atoms with van der Waals surface area (Å²) in [4.78, 5) is 5.30. The first-order valence-corrected chi connectivity index (χ1v) is 6.56. The van der Waals surface area contributed by atoms with Crippen LogP contribution in [0.1, 0.15) is 16.0 Å². The molecule has 1 aromatic carbocycles. The number of thiazole rings is 1. The van der Waals surface area contributed by atoms with Gasteiger partial charge in [0.05, 0.1) is 17.2 Å². The van der Waals surface area contributed by atoms with Gasteiger partial charge >= 0.3 is 0 Å². The lowest BCUT2D eigenvalue weighted by molar-refractivity contribution is 0.286. The first kappa shape index (κ1) is 11.8. The molecule has 2 nitrogen and oxygen atoms in total. The van der Waals surface area contributed by atoms with Gasteiger partial charge in [0.15, 0.2) is 3.92 Å². The van der Waals surface area contributed by atoms with E-state index in [-0.39, 0.29) is 6.61 Å². The van der Waals surface area contributed by atoms with E-state index in [2.05, 4.69) is 46.9 Å². The zero-order valence-corrected chi connectivity index (χ0v) is 11.5. The quantitative estimate of drug-likeness (QED) is 0.917. The Labute approximate surface area is 107 Å². The predicted octanol–water partition coefficient (Wildman–Crippen LogP) is 3.68. The van der Waals surface area contributed by atoms with Crippen molar-refractivity contribution in [1.82, 2.24) is 4.98 Å². The number of rotatable bonds is 2. The Morgan fingerprint density at radius 2 is 2.06 bits per heavy atom. The van der Waals surface area contributed by atoms with Crippen LogP contribution in [0.5, 0.6) is 0 Å². The van der Waals surface area contributed by atoms with Crippen LogP contribution in [-0.4, -0.2) is 10.1 Å². The van der Waals surface area contributed by atoms with Gasteiger partial charge < -0.3 is 5.11 Å². The van der Waals surface area contributed by atoms with Gasteiger partial charge in [0.25, 0.3) is 0 Å². The molecule has 1 N–H and O–H groups in total. The molecule has 0 atom stereocenters. The minimum absolute atomic E-state index is 0.0333. The molecule has 0 saturated heterocycles. The average Bonchev–Trinajstić information content (AvgIpc) is 2.63. The van der Waals surface area contributed by atoms with Crippen LogP contribution >= 0.6 is 27.3 Å². The summed E-state index contributed by atoms with van der Waals surface area (Å²) in [6.07, 6.45) is 0. The largest absolute Gasteiger partial charge is 0.391 e. The van der Waals surface area contributed by atoms with Gasteiger partial charge in [-0.3, -0.25) is 0 Å². The third kappa shape index (κ3) is 2.19. The van der Waals surface area contributed by atoms with Gasteiger partial charge in [0, 0.05) is 5.56 Å². The van der Waals surface area contributed by atoms with E-state index in [9.17, 15) is 5.11 Å². The number of aliphatic hydroxyl groups is 1. The van der Waals surface area contributed by atoms with Crippen molar-refractivity contribution >= 4 is 27.3 Å².